The second kappa shape index (κ2) is 6.89. The van der Waals surface area contributed by atoms with Crippen LogP contribution in [0.5, 0.6) is 11.5 Å². The largest absolute Gasteiger partial charge is 0.489 e. The minimum atomic E-state index is -5.06. The summed E-state index contributed by atoms with van der Waals surface area (Å²) < 4.78 is 56.7. The maximum Gasteiger partial charge on any atom is 0.488 e. The zero-order chi connectivity index (χ0) is 17.9. The van der Waals surface area contributed by atoms with Crippen LogP contribution in [0, 0.1) is 5.82 Å². The molecular weight excluding hydrogens is 354 g/mol. The van der Waals surface area contributed by atoms with Gasteiger partial charge in [0.2, 0.25) is 0 Å². The third-order valence-corrected chi connectivity index (χ3v) is 3.64. The van der Waals surface area contributed by atoms with Gasteiger partial charge in [-0.3, -0.25) is 5.10 Å². The first-order chi connectivity index (χ1) is 11.9. The molecule has 0 bridgehead atoms. The van der Waals surface area contributed by atoms with Crippen molar-refractivity contribution < 1.29 is 25.6 Å². The minimum Gasteiger partial charge on any atom is -0.489 e. The van der Waals surface area contributed by atoms with Gasteiger partial charge in [-0.2, -0.15) is 13.5 Å². The second-order valence-corrected chi connectivity index (χ2v) is 5.97. The van der Waals surface area contributed by atoms with E-state index in [1.54, 1.807) is 18.2 Å². The predicted octanol–water partition coefficient (Wildman–Crippen LogP) is 3.39. The van der Waals surface area contributed by atoms with Crippen LogP contribution in [0.1, 0.15) is 5.56 Å². The fourth-order valence-corrected chi connectivity index (χ4v) is 2.49. The lowest BCUT2D eigenvalue weighted by Gasteiger charge is -2.09. The summed E-state index contributed by atoms with van der Waals surface area (Å²) in [5, 5.41) is 6.49. The number of nitrogens with zero attached hydrogens (tertiary/aromatic N) is 1. The highest BCUT2D eigenvalue weighted by Gasteiger charge is 2.10. The number of hydrogen-bond donors (Lipinski definition) is 1. The summed E-state index contributed by atoms with van der Waals surface area (Å²) in [6.45, 7) is 0.156. The van der Waals surface area contributed by atoms with Crippen molar-refractivity contribution in [1.82, 2.24) is 10.2 Å². The SMILES string of the molecule is O=S(=O)(F)Oc1ccc(OCc2ccc(F)c(-c3ccn[nH]3)c2)cc1. The van der Waals surface area contributed by atoms with Gasteiger partial charge in [-0.25, -0.2) is 4.39 Å². The number of hydrogen-bond acceptors (Lipinski definition) is 5. The van der Waals surface area contributed by atoms with Gasteiger partial charge in [0.05, 0.1) is 5.69 Å². The van der Waals surface area contributed by atoms with E-state index in [-0.39, 0.29) is 18.2 Å². The van der Waals surface area contributed by atoms with E-state index < -0.39 is 10.5 Å². The molecule has 1 aromatic heterocycles. The van der Waals surface area contributed by atoms with Crippen molar-refractivity contribution in [3.8, 4) is 22.8 Å². The van der Waals surface area contributed by atoms with Crippen LogP contribution in [0.2, 0.25) is 0 Å². The normalized spacial score (nSPS) is 11.3. The lowest BCUT2D eigenvalue weighted by molar-refractivity contribution is 0.305. The molecule has 0 fully saturated rings. The summed E-state index contributed by atoms with van der Waals surface area (Å²) in [5.41, 5.74) is 1.64. The molecular formula is C16H12F2N2O4S. The average Bonchev–Trinajstić information content (AvgIpc) is 3.08. The Hall–Kier alpha value is -2.94. The lowest BCUT2D eigenvalue weighted by atomic mass is 10.1. The van der Waals surface area contributed by atoms with Crippen LogP contribution >= 0.6 is 0 Å². The van der Waals surface area contributed by atoms with E-state index in [2.05, 4.69) is 14.4 Å². The van der Waals surface area contributed by atoms with Crippen molar-refractivity contribution in [2.45, 2.75) is 6.61 Å². The van der Waals surface area contributed by atoms with Crippen molar-refractivity contribution in [2.75, 3.05) is 0 Å². The maximum absolute atomic E-state index is 13.9. The first-order valence-electron chi connectivity index (χ1n) is 7.06. The highest BCUT2D eigenvalue weighted by atomic mass is 32.3. The number of H-pyrrole nitrogens is 1. The molecule has 130 valence electrons. The molecule has 0 aliphatic rings. The van der Waals surface area contributed by atoms with E-state index in [1.807, 2.05) is 0 Å². The molecule has 2 aromatic carbocycles. The number of rotatable bonds is 6. The Morgan fingerprint density at radius 2 is 1.76 bits per heavy atom. The molecule has 9 heteroatoms. The molecule has 6 nitrogen and oxygen atoms in total. The number of benzene rings is 2. The smallest absolute Gasteiger partial charge is 0.488 e. The third-order valence-electron chi connectivity index (χ3n) is 3.25. The topological polar surface area (TPSA) is 81.3 Å². The Balaban J connectivity index is 1.69. The van der Waals surface area contributed by atoms with Crippen LogP contribution in [0.4, 0.5) is 8.28 Å². The number of aromatic nitrogens is 2. The first-order valence-corrected chi connectivity index (χ1v) is 8.37. The summed E-state index contributed by atoms with van der Waals surface area (Å²) in [4.78, 5) is 0. The molecule has 0 amide bonds. The number of halogens is 2. The highest BCUT2D eigenvalue weighted by molar-refractivity contribution is 7.81. The molecule has 0 aliphatic carbocycles. The van der Waals surface area contributed by atoms with Crippen molar-refractivity contribution >= 4 is 10.5 Å². The summed E-state index contributed by atoms with van der Waals surface area (Å²) in [6.07, 6.45) is 1.53. The van der Waals surface area contributed by atoms with Crippen LogP contribution in [0.25, 0.3) is 11.3 Å². The quantitative estimate of drug-likeness (QED) is 0.677. The van der Waals surface area contributed by atoms with Crippen molar-refractivity contribution in [3.05, 3.63) is 66.1 Å². The molecule has 0 spiro atoms. The molecule has 0 aliphatic heterocycles. The van der Waals surface area contributed by atoms with Gasteiger partial charge in [0, 0.05) is 11.8 Å². The van der Waals surface area contributed by atoms with Crippen LogP contribution in [0.15, 0.2) is 54.7 Å². The number of aromatic amines is 1. The van der Waals surface area contributed by atoms with E-state index in [0.717, 1.165) is 5.56 Å². The van der Waals surface area contributed by atoms with Crippen molar-refractivity contribution in [2.24, 2.45) is 0 Å². The van der Waals surface area contributed by atoms with E-state index in [1.165, 1.54) is 36.5 Å². The van der Waals surface area contributed by atoms with Crippen LogP contribution in [-0.2, 0) is 17.1 Å². The monoisotopic (exact) mass is 366 g/mol. The lowest BCUT2D eigenvalue weighted by Crippen LogP contribution is -2.01. The molecule has 0 saturated carbocycles. The molecule has 25 heavy (non-hydrogen) atoms. The average molecular weight is 366 g/mol. The summed E-state index contributed by atoms with van der Waals surface area (Å²) in [7, 11) is -5.06. The minimum absolute atomic E-state index is 0.156. The standard InChI is InChI=1S/C16H12F2N2O4S/c17-15-6-1-11(9-14(15)16-7-8-19-20-16)10-23-12-2-4-13(5-3-12)24-25(18,21)22/h1-9H,10H2,(H,19,20). The van der Waals surface area contributed by atoms with Gasteiger partial charge < -0.3 is 8.92 Å². The van der Waals surface area contributed by atoms with Gasteiger partial charge in [-0.1, -0.05) is 9.95 Å². The van der Waals surface area contributed by atoms with Gasteiger partial charge in [0.25, 0.3) is 0 Å². The molecule has 0 unspecified atom stereocenters. The molecule has 0 atom stereocenters. The van der Waals surface area contributed by atoms with Gasteiger partial charge in [0.15, 0.2) is 0 Å². The van der Waals surface area contributed by atoms with Gasteiger partial charge >= 0.3 is 10.5 Å². The summed E-state index contributed by atoms with van der Waals surface area (Å²) in [5.74, 6) is -0.142. The molecule has 1 N–H and O–H groups in total. The molecule has 0 saturated heterocycles. The zero-order valence-corrected chi connectivity index (χ0v) is 13.5. The fraction of sp³-hybridized carbons (Fsp3) is 0.0625. The van der Waals surface area contributed by atoms with E-state index in [0.29, 0.717) is 17.0 Å². The maximum atomic E-state index is 13.9. The molecule has 0 radical (unpaired) electrons. The molecule has 3 rings (SSSR count). The molecule has 3 aromatic rings. The van der Waals surface area contributed by atoms with Crippen LogP contribution < -0.4 is 8.92 Å². The number of ether oxygens (including phenoxy) is 1. The van der Waals surface area contributed by atoms with E-state index >= 15 is 0 Å². The first kappa shape index (κ1) is 16.9. The summed E-state index contributed by atoms with van der Waals surface area (Å²) in [6, 6.07) is 11.6. The van der Waals surface area contributed by atoms with Gasteiger partial charge in [0.1, 0.15) is 23.9 Å². The Morgan fingerprint density at radius 3 is 2.40 bits per heavy atom. The van der Waals surface area contributed by atoms with Crippen LogP contribution in [-0.4, -0.2) is 18.6 Å². The number of nitrogens with one attached hydrogen (secondary N) is 1. The predicted molar refractivity (Wildman–Crippen MR) is 85.4 cm³/mol. The second-order valence-electron chi connectivity index (χ2n) is 5.02. The van der Waals surface area contributed by atoms with Crippen molar-refractivity contribution in [1.29, 1.82) is 0 Å². The Labute approximate surface area is 142 Å². The Kier molecular flexibility index (Phi) is 4.66. The van der Waals surface area contributed by atoms with Gasteiger partial charge in [-0.05, 0) is 48.0 Å². The zero-order valence-electron chi connectivity index (χ0n) is 12.6. The van der Waals surface area contributed by atoms with E-state index in [4.69, 9.17) is 4.74 Å². The van der Waals surface area contributed by atoms with Crippen LogP contribution in [0.3, 0.4) is 0 Å². The Bertz CT molecular complexity index is 958. The Morgan fingerprint density at radius 1 is 1.04 bits per heavy atom. The summed E-state index contributed by atoms with van der Waals surface area (Å²) >= 11 is 0. The fourth-order valence-electron chi connectivity index (χ4n) is 2.15. The van der Waals surface area contributed by atoms with Gasteiger partial charge in [-0.15, -0.1) is 0 Å². The van der Waals surface area contributed by atoms with E-state index in [9.17, 15) is 16.7 Å². The molecule has 1 heterocycles. The van der Waals surface area contributed by atoms with Crippen molar-refractivity contribution in [3.63, 3.8) is 0 Å². The highest BCUT2D eigenvalue weighted by Crippen LogP contribution is 2.24. The third kappa shape index (κ3) is 4.54.